The summed E-state index contributed by atoms with van der Waals surface area (Å²) >= 11 is 7.72. The summed E-state index contributed by atoms with van der Waals surface area (Å²) < 4.78 is 30.3. The number of ketones is 1. The molecule has 0 fully saturated rings. The Balaban J connectivity index is 1.45. The van der Waals surface area contributed by atoms with Crippen LogP contribution in [0.4, 0.5) is 0 Å². The highest BCUT2D eigenvalue weighted by atomic mass is 35.5. The van der Waals surface area contributed by atoms with Gasteiger partial charge in [0.05, 0.1) is 22.0 Å². The van der Waals surface area contributed by atoms with E-state index in [1.54, 1.807) is 47.0 Å². The van der Waals surface area contributed by atoms with Gasteiger partial charge in [0.2, 0.25) is 10.0 Å². The van der Waals surface area contributed by atoms with Crippen molar-refractivity contribution < 1.29 is 13.2 Å². The number of hydrogen-bond acceptors (Lipinski definition) is 6. The molecule has 0 saturated heterocycles. The first kappa shape index (κ1) is 24.3. The molecule has 0 aliphatic heterocycles. The third-order valence-corrected chi connectivity index (χ3v) is 8.77. The second-order valence-electron chi connectivity index (χ2n) is 8.04. The first-order valence-electron chi connectivity index (χ1n) is 11.2. The lowest BCUT2D eigenvalue weighted by molar-refractivity contribution is 0.103. The number of sulfonamides is 1. The molecule has 3 aromatic carbocycles. The van der Waals surface area contributed by atoms with Crippen molar-refractivity contribution in [2.45, 2.75) is 24.8 Å². The first-order chi connectivity index (χ1) is 17.4. The number of aryl methyl sites for hydroxylation is 1. The zero-order valence-corrected chi connectivity index (χ0v) is 21.6. The second-order valence-corrected chi connectivity index (χ2v) is 11.3. The largest absolute Gasteiger partial charge is 0.288 e. The molecule has 0 atom stereocenters. The van der Waals surface area contributed by atoms with E-state index in [1.165, 1.54) is 17.7 Å². The van der Waals surface area contributed by atoms with Crippen molar-refractivity contribution in [3.63, 3.8) is 0 Å². The van der Waals surface area contributed by atoms with E-state index in [4.69, 9.17) is 11.6 Å². The van der Waals surface area contributed by atoms with E-state index in [0.717, 1.165) is 22.1 Å². The number of benzene rings is 3. The van der Waals surface area contributed by atoms with Crippen molar-refractivity contribution >= 4 is 49.5 Å². The zero-order valence-electron chi connectivity index (χ0n) is 19.2. The summed E-state index contributed by atoms with van der Waals surface area (Å²) in [5.74, 6) is 0.139. The third kappa shape index (κ3) is 4.70. The molecule has 7 nitrogen and oxygen atoms in total. The molecule has 1 N–H and O–H groups in total. The minimum Gasteiger partial charge on any atom is -0.288 e. The third-order valence-electron chi connectivity index (χ3n) is 5.76. The van der Waals surface area contributed by atoms with Crippen molar-refractivity contribution in [2.75, 3.05) is 0 Å². The Kier molecular flexibility index (Phi) is 6.72. The van der Waals surface area contributed by atoms with Gasteiger partial charge in [-0.05, 0) is 47.5 Å². The van der Waals surface area contributed by atoms with E-state index < -0.39 is 10.0 Å². The minimum atomic E-state index is -3.81. The first-order valence-corrected chi connectivity index (χ1v) is 13.8. The van der Waals surface area contributed by atoms with Crippen LogP contribution in [-0.4, -0.2) is 29.0 Å². The Bertz CT molecular complexity index is 1690. The number of rotatable bonds is 8. The van der Waals surface area contributed by atoms with Gasteiger partial charge in [-0.1, -0.05) is 61.0 Å². The normalized spacial score (nSPS) is 11.7. The molecule has 0 radical (unpaired) electrons. The number of nitrogens with one attached hydrogen (secondary N) is 1. The van der Waals surface area contributed by atoms with Gasteiger partial charge in [-0.3, -0.25) is 9.36 Å². The number of hydrogen-bond donors (Lipinski definition) is 1. The summed E-state index contributed by atoms with van der Waals surface area (Å²) in [6.07, 6.45) is 2.22. The number of carbonyl (C=O) groups is 1. The van der Waals surface area contributed by atoms with Crippen molar-refractivity contribution in [1.29, 1.82) is 0 Å². The fourth-order valence-electron chi connectivity index (χ4n) is 3.86. The molecule has 5 rings (SSSR count). The fraction of sp³-hybridized carbons (Fsp3) is 0.115. The molecule has 2 heterocycles. The molecule has 0 saturated carbocycles. The van der Waals surface area contributed by atoms with Gasteiger partial charge in [0, 0.05) is 10.4 Å². The van der Waals surface area contributed by atoms with E-state index in [-0.39, 0.29) is 17.2 Å². The Morgan fingerprint density at radius 1 is 1.00 bits per heavy atom. The smallest absolute Gasteiger partial charge is 0.240 e. The average Bonchev–Trinajstić information content (AvgIpc) is 3.54. The molecule has 2 aromatic heterocycles. The number of carbonyl (C=O) groups excluding carboxylic acids is 1. The van der Waals surface area contributed by atoms with E-state index in [9.17, 15) is 13.2 Å². The van der Waals surface area contributed by atoms with Gasteiger partial charge in [0.15, 0.2) is 11.6 Å². The summed E-state index contributed by atoms with van der Waals surface area (Å²) in [4.78, 5) is 14.5. The second kappa shape index (κ2) is 9.94. The molecule has 36 heavy (non-hydrogen) atoms. The zero-order chi connectivity index (χ0) is 25.3. The Morgan fingerprint density at radius 3 is 2.53 bits per heavy atom. The summed E-state index contributed by atoms with van der Waals surface area (Å²) in [5, 5.41) is 10.9. The Morgan fingerprint density at radius 2 is 1.75 bits per heavy atom. The van der Waals surface area contributed by atoms with Crippen LogP contribution in [0, 0.1) is 0 Å². The maximum atomic E-state index is 13.4. The molecule has 10 heteroatoms. The van der Waals surface area contributed by atoms with E-state index in [0.29, 0.717) is 27.0 Å². The van der Waals surface area contributed by atoms with E-state index in [2.05, 4.69) is 14.9 Å². The SMILES string of the molecule is CCc1cc(C(=O)c2ccccc2Cl)c(-n2cnnc2CNS(=O)(=O)c2ccc3ccccc3c2)s1. The van der Waals surface area contributed by atoms with Gasteiger partial charge in [-0.2, -0.15) is 0 Å². The molecular weight excluding hydrogens is 516 g/mol. The van der Waals surface area contributed by atoms with Crippen molar-refractivity contribution in [2.24, 2.45) is 0 Å². The fourth-order valence-corrected chi connectivity index (χ4v) is 6.18. The predicted octanol–water partition coefficient (Wildman–Crippen LogP) is 5.41. The highest BCUT2D eigenvalue weighted by Crippen LogP contribution is 2.31. The van der Waals surface area contributed by atoms with Gasteiger partial charge < -0.3 is 0 Å². The molecule has 0 amide bonds. The summed E-state index contributed by atoms with van der Waals surface area (Å²) in [5.41, 5.74) is 0.857. The van der Waals surface area contributed by atoms with E-state index >= 15 is 0 Å². The van der Waals surface area contributed by atoms with Gasteiger partial charge in [-0.25, -0.2) is 13.1 Å². The van der Waals surface area contributed by atoms with Crippen LogP contribution >= 0.6 is 22.9 Å². The Labute approximate surface area is 217 Å². The van der Waals surface area contributed by atoms with Gasteiger partial charge in [-0.15, -0.1) is 21.5 Å². The minimum absolute atomic E-state index is 0.103. The molecule has 182 valence electrons. The standard InChI is InChI=1S/C26H21ClN4O3S2/c1-2-19-14-22(25(32)21-9-5-6-10-23(21)27)26(35-19)31-16-28-30-24(31)15-29-36(33,34)20-12-11-17-7-3-4-8-18(17)13-20/h3-14,16,29H,2,15H2,1H3. The quantitative estimate of drug-likeness (QED) is 0.268. The van der Waals surface area contributed by atoms with Crippen LogP contribution in [0.3, 0.4) is 0 Å². The number of nitrogens with zero attached hydrogens (tertiary/aromatic N) is 3. The monoisotopic (exact) mass is 536 g/mol. The molecule has 5 aromatic rings. The number of thiophene rings is 1. The summed E-state index contributed by atoms with van der Waals surface area (Å²) in [6.45, 7) is 1.90. The predicted molar refractivity (Wildman–Crippen MR) is 141 cm³/mol. The molecule has 0 bridgehead atoms. The molecule has 0 aliphatic rings. The maximum absolute atomic E-state index is 13.4. The lowest BCUT2D eigenvalue weighted by Crippen LogP contribution is -2.25. The molecular formula is C26H21ClN4O3S2. The molecule has 0 aliphatic carbocycles. The maximum Gasteiger partial charge on any atom is 0.240 e. The van der Waals surface area contributed by atoms with Crippen LogP contribution in [0.5, 0.6) is 0 Å². The van der Waals surface area contributed by atoms with Crippen LogP contribution in [0.1, 0.15) is 33.5 Å². The molecule has 0 unspecified atom stereocenters. The number of halogens is 1. The topological polar surface area (TPSA) is 93.9 Å². The number of aromatic nitrogens is 3. The van der Waals surface area contributed by atoms with Crippen molar-refractivity contribution in [3.8, 4) is 5.00 Å². The van der Waals surface area contributed by atoms with Crippen molar-refractivity contribution in [1.82, 2.24) is 19.5 Å². The average molecular weight is 537 g/mol. The van der Waals surface area contributed by atoms with Crippen LogP contribution < -0.4 is 4.72 Å². The van der Waals surface area contributed by atoms with Crippen molar-refractivity contribution in [3.05, 3.63) is 106 Å². The van der Waals surface area contributed by atoms with Crippen LogP contribution in [0.15, 0.2) is 84.0 Å². The summed E-state index contributed by atoms with van der Waals surface area (Å²) in [6, 6.07) is 21.3. The lowest BCUT2D eigenvalue weighted by Gasteiger charge is -2.10. The van der Waals surface area contributed by atoms with Crippen LogP contribution in [0.2, 0.25) is 5.02 Å². The van der Waals surface area contributed by atoms with E-state index in [1.807, 2.05) is 37.3 Å². The summed E-state index contributed by atoms with van der Waals surface area (Å²) in [7, 11) is -3.81. The van der Waals surface area contributed by atoms with Crippen LogP contribution in [0.25, 0.3) is 15.8 Å². The highest BCUT2D eigenvalue weighted by molar-refractivity contribution is 7.89. The van der Waals surface area contributed by atoms with Gasteiger partial charge in [0.1, 0.15) is 11.3 Å². The van der Waals surface area contributed by atoms with Gasteiger partial charge in [0.25, 0.3) is 0 Å². The number of fused-ring (bicyclic) bond motifs is 1. The molecule has 0 spiro atoms. The van der Waals surface area contributed by atoms with Crippen LogP contribution in [-0.2, 0) is 23.0 Å². The lowest BCUT2D eigenvalue weighted by atomic mass is 10.0. The highest BCUT2D eigenvalue weighted by Gasteiger charge is 2.23. The Hall–Kier alpha value is -3.37. The van der Waals surface area contributed by atoms with Gasteiger partial charge >= 0.3 is 0 Å².